The summed E-state index contributed by atoms with van der Waals surface area (Å²) in [5, 5.41) is 7.07. The van der Waals surface area contributed by atoms with E-state index in [1.54, 1.807) is 12.1 Å². The average Bonchev–Trinajstić information content (AvgIpc) is 2.72. The normalized spacial score (nSPS) is 21.1. The third-order valence-corrected chi connectivity index (χ3v) is 6.09. The molecular weight excluding hydrogens is 504 g/mol. The molecule has 0 bridgehead atoms. The molecule has 1 aromatic rings. The van der Waals surface area contributed by atoms with Crippen molar-refractivity contribution in [2.24, 2.45) is 16.8 Å². The number of anilines is 1. The largest absolute Gasteiger partial charge is 0.371 e. The van der Waals surface area contributed by atoms with Crippen LogP contribution in [-0.2, 0) is 0 Å². The third kappa shape index (κ3) is 8.75. The van der Waals surface area contributed by atoms with Crippen LogP contribution in [0.1, 0.15) is 46.5 Å². The molecule has 176 valence electrons. The van der Waals surface area contributed by atoms with E-state index in [9.17, 15) is 4.39 Å². The Kier molecular flexibility index (Phi) is 11.4. The monoisotopic (exact) mass is 545 g/mol. The molecule has 7 heteroatoms. The highest BCUT2D eigenvalue weighted by atomic mass is 127. The zero-order valence-electron chi connectivity index (χ0n) is 19.4. The van der Waals surface area contributed by atoms with Gasteiger partial charge in [0.2, 0.25) is 0 Å². The van der Waals surface area contributed by atoms with Gasteiger partial charge in [-0.2, -0.15) is 0 Å². The van der Waals surface area contributed by atoms with Crippen LogP contribution in [0.5, 0.6) is 0 Å². The molecule has 0 saturated carbocycles. The molecular formula is C24H41FIN5. The standard InChI is InChI=1S/C24H40FN5.HI/c1-4-26-24(27-16-20-7-6-12-29(18-20)17-19(2)3)28-22-10-13-30(14-11-22)23-9-5-8-21(25)15-23;/h5,8-9,15,19-20,22H,4,6-7,10-14,16-18H2,1-3H3,(H2,26,27,28);1H. The fraction of sp³-hybridized carbons (Fsp3) is 0.708. The molecule has 0 amide bonds. The lowest BCUT2D eigenvalue weighted by Crippen LogP contribution is -2.49. The number of nitrogens with zero attached hydrogens (tertiary/aromatic N) is 3. The molecule has 2 saturated heterocycles. The first-order chi connectivity index (χ1) is 14.5. The Bertz CT molecular complexity index is 676. The highest BCUT2D eigenvalue weighted by molar-refractivity contribution is 14.0. The molecule has 2 fully saturated rings. The fourth-order valence-electron chi connectivity index (χ4n) is 4.67. The Morgan fingerprint density at radius 1 is 1.19 bits per heavy atom. The van der Waals surface area contributed by atoms with Crippen LogP contribution in [-0.4, -0.2) is 62.7 Å². The van der Waals surface area contributed by atoms with Gasteiger partial charge in [-0.3, -0.25) is 4.99 Å². The van der Waals surface area contributed by atoms with E-state index in [0.29, 0.717) is 12.0 Å². The smallest absolute Gasteiger partial charge is 0.191 e. The lowest BCUT2D eigenvalue weighted by molar-refractivity contribution is 0.162. The van der Waals surface area contributed by atoms with Crippen molar-refractivity contribution in [2.45, 2.75) is 52.5 Å². The first-order valence-electron chi connectivity index (χ1n) is 11.8. The quantitative estimate of drug-likeness (QED) is 0.304. The van der Waals surface area contributed by atoms with E-state index in [4.69, 9.17) is 4.99 Å². The zero-order valence-corrected chi connectivity index (χ0v) is 21.8. The van der Waals surface area contributed by atoms with Gasteiger partial charge in [-0.05, 0) is 69.2 Å². The molecule has 0 aromatic heterocycles. The molecule has 2 aliphatic rings. The number of benzene rings is 1. The van der Waals surface area contributed by atoms with Crippen LogP contribution < -0.4 is 15.5 Å². The summed E-state index contributed by atoms with van der Waals surface area (Å²) in [5.41, 5.74) is 0.984. The Balaban J connectivity index is 0.00000341. The van der Waals surface area contributed by atoms with E-state index in [1.165, 1.54) is 38.5 Å². The number of hydrogen-bond donors (Lipinski definition) is 2. The van der Waals surface area contributed by atoms with Crippen molar-refractivity contribution < 1.29 is 4.39 Å². The second-order valence-electron chi connectivity index (χ2n) is 9.27. The van der Waals surface area contributed by atoms with Crippen molar-refractivity contribution in [1.82, 2.24) is 15.5 Å². The molecule has 2 aliphatic heterocycles. The van der Waals surface area contributed by atoms with Gasteiger partial charge in [-0.1, -0.05) is 19.9 Å². The third-order valence-electron chi connectivity index (χ3n) is 6.09. The summed E-state index contributed by atoms with van der Waals surface area (Å²) in [6.07, 6.45) is 4.64. The first kappa shape index (κ1) is 26.2. The molecule has 1 unspecified atom stereocenters. The summed E-state index contributed by atoms with van der Waals surface area (Å²) in [6.45, 7) is 14.0. The van der Waals surface area contributed by atoms with Crippen LogP contribution in [0.3, 0.4) is 0 Å². The molecule has 0 aliphatic carbocycles. The van der Waals surface area contributed by atoms with E-state index in [0.717, 1.165) is 56.6 Å². The average molecular weight is 546 g/mol. The Morgan fingerprint density at radius 2 is 1.97 bits per heavy atom. The fourth-order valence-corrected chi connectivity index (χ4v) is 4.67. The second kappa shape index (κ2) is 13.5. The van der Waals surface area contributed by atoms with Gasteiger partial charge in [0.05, 0.1) is 0 Å². The first-order valence-corrected chi connectivity index (χ1v) is 11.8. The van der Waals surface area contributed by atoms with Gasteiger partial charge < -0.3 is 20.4 Å². The molecule has 0 radical (unpaired) electrons. The summed E-state index contributed by atoms with van der Waals surface area (Å²) in [7, 11) is 0. The summed E-state index contributed by atoms with van der Waals surface area (Å²) in [5.74, 6) is 2.17. The van der Waals surface area contributed by atoms with E-state index in [1.807, 2.05) is 6.07 Å². The molecule has 0 spiro atoms. The van der Waals surface area contributed by atoms with Crippen molar-refractivity contribution >= 4 is 35.6 Å². The summed E-state index contributed by atoms with van der Waals surface area (Å²) in [4.78, 5) is 9.82. The Labute approximate surface area is 205 Å². The van der Waals surface area contributed by atoms with Crippen LogP contribution >= 0.6 is 24.0 Å². The lowest BCUT2D eigenvalue weighted by Gasteiger charge is -2.35. The topological polar surface area (TPSA) is 42.9 Å². The minimum absolute atomic E-state index is 0. The van der Waals surface area contributed by atoms with Crippen LogP contribution in [0.4, 0.5) is 10.1 Å². The van der Waals surface area contributed by atoms with E-state index in [2.05, 4.69) is 41.2 Å². The maximum absolute atomic E-state index is 13.5. The van der Waals surface area contributed by atoms with Crippen LogP contribution in [0.25, 0.3) is 0 Å². The maximum atomic E-state index is 13.5. The minimum atomic E-state index is -0.163. The van der Waals surface area contributed by atoms with Crippen LogP contribution in [0, 0.1) is 17.7 Å². The number of piperidine rings is 2. The van der Waals surface area contributed by atoms with Crippen molar-refractivity contribution in [3.8, 4) is 0 Å². The van der Waals surface area contributed by atoms with E-state index in [-0.39, 0.29) is 29.8 Å². The Hall–Kier alpha value is -1.09. The SMILES string of the molecule is CCNC(=NCC1CCCN(CC(C)C)C1)NC1CCN(c2cccc(F)c2)CC1.I. The number of halogens is 2. The summed E-state index contributed by atoms with van der Waals surface area (Å²) < 4.78 is 13.5. The predicted octanol–water partition coefficient (Wildman–Crippen LogP) is 4.34. The number of aliphatic imine (C=N–C) groups is 1. The van der Waals surface area contributed by atoms with Gasteiger partial charge >= 0.3 is 0 Å². The zero-order chi connectivity index (χ0) is 21.3. The second-order valence-corrected chi connectivity index (χ2v) is 9.27. The maximum Gasteiger partial charge on any atom is 0.191 e. The van der Waals surface area contributed by atoms with Crippen LogP contribution in [0.15, 0.2) is 29.3 Å². The van der Waals surface area contributed by atoms with Crippen molar-refractivity contribution in [3.05, 3.63) is 30.1 Å². The molecule has 1 atom stereocenters. The lowest BCUT2D eigenvalue weighted by atomic mass is 9.97. The highest BCUT2D eigenvalue weighted by Gasteiger charge is 2.22. The van der Waals surface area contributed by atoms with Crippen molar-refractivity contribution in [3.63, 3.8) is 0 Å². The van der Waals surface area contributed by atoms with Gasteiger partial charge in [-0.25, -0.2) is 4.39 Å². The number of rotatable bonds is 7. The van der Waals surface area contributed by atoms with E-state index < -0.39 is 0 Å². The molecule has 3 rings (SSSR count). The number of guanidine groups is 1. The molecule has 1 aromatic carbocycles. The highest BCUT2D eigenvalue weighted by Crippen LogP contribution is 2.21. The van der Waals surface area contributed by atoms with Gasteiger partial charge in [0.1, 0.15) is 5.82 Å². The molecule has 31 heavy (non-hydrogen) atoms. The van der Waals surface area contributed by atoms with E-state index >= 15 is 0 Å². The van der Waals surface area contributed by atoms with Crippen LogP contribution in [0.2, 0.25) is 0 Å². The number of nitrogens with one attached hydrogen (secondary N) is 2. The summed E-state index contributed by atoms with van der Waals surface area (Å²) >= 11 is 0. The predicted molar refractivity (Wildman–Crippen MR) is 140 cm³/mol. The molecule has 2 heterocycles. The number of hydrogen-bond acceptors (Lipinski definition) is 3. The Morgan fingerprint density at radius 3 is 2.65 bits per heavy atom. The van der Waals surface area contributed by atoms with Gasteiger partial charge in [0, 0.05) is 51.0 Å². The van der Waals surface area contributed by atoms with Gasteiger partial charge in [0.25, 0.3) is 0 Å². The molecule has 5 nitrogen and oxygen atoms in total. The molecule has 2 N–H and O–H groups in total. The summed E-state index contributed by atoms with van der Waals surface area (Å²) in [6, 6.07) is 7.33. The number of likely N-dealkylation sites (tertiary alicyclic amines) is 1. The van der Waals surface area contributed by atoms with Crippen molar-refractivity contribution in [1.29, 1.82) is 0 Å². The minimum Gasteiger partial charge on any atom is -0.371 e. The van der Waals surface area contributed by atoms with Gasteiger partial charge in [0.15, 0.2) is 5.96 Å². The van der Waals surface area contributed by atoms with Gasteiger partial charge in [-0.15, -0.1) is 24.0 Å². The van der Waals surface area contributed by atoms with Crippen molar-refractivity contribution in [2.75, 3.05) is 50.7 Å².